The Morgan fingerprint density at radius 1 is 1.18 bits per heavy atom. The number of fused-ring (bicyclic) bond motifs is 1. The van der Waals surface area contributed by atoms with Crippen molar-refractivity contribution in [3.8, 4) is 6.07 Å². The van der Waals surface area contributed by atoms with E-state index in [9.17, 15) is 5.26 Å². The van der Waals surface area contributed by atoms with E-state index in [-0.39, 0.29) is 0 Å². The van der Waals surface area contributed by atoms with Gasteiger partial charge in [-0.3, -0.25) is 0 Å². The molecule has 2 rings (SSSR count). The predicted molar refractivity (Wildman–Crippen MR) is 121 cm³/mol. The predicted octanol–water partition coefficient (Wildman–Crippen LogP) is 3.02. The quantitative estimate of drug-likeness (QED) is 0.419. The Bertz CT molecular complexity index is 825. The van der Waals surface area contributed by atoms with Gasteiger partial charge in [0, 0.05) is 25.0 Å². The SMILES string of the molecule is CCN(CC)CCCNC(=S)NCCNc1nc2c(C)cccc2cc1C#N. The van der Waals surface area contributed by atoms with Crippen LogP contribution in [-0.4, -0.2) is 54.3 Å². The van der Waals surface area contributed by atoms with Crippen LogP contribution in [0.4, 0.5) is 5.82 Å². The number of thiocarbonyl (C=S) groups is 1. The van der Waals surface area contributed by atoms with Crippen LogP contribution in [0.3, 0.4) is 0 Å². The summed E-state index contributed by atoms with van der Waals surface area (Å²) < 4.78 is 0. The zero-order valence-electron chi connectivity index (χ0n) is 17.0. The minimum atomic E-state index is 0.551. The maximum absolute atomic E-state index is 9.41. The van der Waals surface area contributed by atoms with E-state index in [1.807, 2.05) is 31.2 Å². The molecule has 6 nitrogen and oxygen atoms in total. The summed E-state index contributed by atoms with van der Waals surface area (Å²) >= 11 is 5.32. The molecule has 3 N–H and O–H groups in total. The van der Waals surface area contributed by atoms with Crippen LogP contribution in [0.1, 0.15) is 31.4 Å². The third kappa shape index (κ3) is 6.32. The smallest absolute Gasteiger partial charge is 0.166 e. The largest absolute Gasteiger partial charge is 0.367 e. The van der Waals surface area contributed by atoms with Gasteiger partial charge >= 0.3 is 0 Å². The van der Waals surface area contributed by atoms with E-state index < -0.39 is 0 Å². The van der Waals surface area contributed by atoms with Crippen LogP contribution in [-0.2, 0) is 0 Å². The molecule has 28 heavy (non-hydrogen) atoms. The van der Waals surface area contributed by atoms with Gasteiger partial charge in [0.1, 0.15) is 11.9 Å². The molecule has 0 aliphatic heterocycles. The molecule has 0 bridgehead atoms. The van der Waals surface area contributed by atoms with Crippen molar-refractivity contribution in [3.05, 3.63) is 35.4 Å². The van der Waals surface area contributed by atoms with E-state index in [4.69, 9.17) is 12.2 Å². The van der Waals surface area contributed by atoms with Crippen molar-refractivity contribution in [2.75, 3.05) is 44.6 Å². The number of anilines is 1. The fraction of sp³-hybridized carbons (Fsp3) is 0.476. The molecule has 1 heterocycles. The second-order valence-electron chi connectivity index (χ2n) is 6.63. The van der Waals surface area contributed by atoms with E-state index in [0.29, 0.717) is 29.6 Å². The normalized spacial score (nSPS) is 10.7. The van der Waals surface area contributed by atoms with E-state index >= 15 is 0 Å². The first kappa shape index (κ1) is 21.9. The topological polar surface area (TPSA) is 76.0 Å². The number of rotatable bonds is 10. The summed E-state index contributed by atoms with van der Waals surface area (Å²) in [5.41, 5.74) is 2.57. The summed E-state index contributed by atoms with van der Waals surface area (Å²) in [5.74, 6) is 0.615. The minimum absolute atomic E-state index is 0.551. The molecular formula is C21H30N6S. The van der Waals surface area contributed by atoms with E-state index in [0.717, 1.165) is 49.1 Å². The molecule has 0 spiro atoms. The van der Waals surface area contributed by atoms with Crippen molar-refractivity contribution in [3.63, 3.8) is 0 Å². The summed E-state index contributed by atoms with van der Waals surface area (Å²) in [6, 6.07) is 10.1. The van der Waals surface area contributed by atoms with Gasteiger partial charge in [0.15, 0.2) is 5.11 Å². The molecule has 0 amide bonds. The first-order valence-corrected chi connectivity index (χ1v) is 10.3. The van der Waals surface area contributed by atoms with Gasteiger partial charge in [-0.2, -0.15) is 5.26 Å². The molecule has 0 radical (unpaired) electrons. The minimum Gasteiger partial charge on any atom is -0.367 e. The maximum Gasteiger partial charge on any atom is 0.166 e. The van der Waals surface area contributed by atoms with Crippen LogP contribution in [0.2, 0.25) is 0 Å². The highest BCUT2D eigenvalue weighted by molar-refractivity contribution is 7.80. The lowest BCUT2D eigenvalue weighted by atomic mass is 10.1. The van der Waals surface area contributed by atoms with Crippen LogP contribution in [0, 0.1) is 18.3 Å². The Morgan fingerprint density at radius 3 is 2.64 bits per heavy atom. The highest BCUT2D eigenvalue weighted by Crippen LogP contribution is 2.22. The van der Waals surface area contributed by atoms with Crippen LogP contribution in [0.25, 0.3) is 10.9 Å². The third-order valence-corrected chi connectivity index (χ3v) is 4.99. The molecule has 0 atom stereocenters. The molecule has 0 unspecified atom stereocenters. The van der Waals surface area contributed by atoms with Crippen molar-refractivity contribution < 1.29 is 0 Å². The van der Waals surface area contributed by atoms with Crippen molar-refractivity contribution in [1.29, 1.82) is 5.26 Å². The molecule has 0 saturated heterocycles. The second-order valence-corrected chi connectivity index (χ2v) is 7.04. The number of hydrogen-bond acceptors (Lipinski definition) is 5. The molecule has 0 fully saturated rings. The van der Waals surface area contributed by atoms with Crippen LogP contribution >= 0.6 is 12.2 Å². The highest BCUT2D eigenvalue weighted by Gasteiger charge is 2.08. The first-order chi connectivity index (χ1) is 13.6. The number of nitriles is 1. The molecule has 0 aliphatic rings. The summed E-state index contributed by atoms with van der Waals surface area (Å²) in [5, 5.41) is 20.7. The lowest BCUT2D eigenvalue weighted by Gasteiger charge is -2.18. The summed E-state index contributed by atoms with van der Waals surface area (Å²) in [7, 11) is 0. The number of nitrogens with one attached hydrogen (secondary N) is 3. The second kappa shape index (κ2) is 11.4. The van der Waals surface area contributed by atoms with Crippen LogP contribution < -0.4 is 16.0 Å². The molecule has 7 heteroatoms. The Morgan fingerprint density at radius 2 is 1.93 bits per heavy atom. The highest BCUT2D eigenvalue weighted by atomic mass is 32.1. The summed E-state index contributed by atoms with van der Waals surface area (Å²) in [6.45, 7) is 11.8. The van der Waals surface area contributed by atoms with E-state index in [1.165, 1.54) is 0 Å². The van der Waals surface area contributed by atoms with E-state index in [1.54, 1.807) is 0 Å². The van der Waals surface area contributed by atoms with Crippen molar-refractivity contribution in [2.45, 2.75) is 27.2 Å². The van der Waals surface area contributed by atoms with Gasteiger partial charge in [0.05, 0.1) is 11.1 Å². The number of nitrogens with zero attached hydrogens (tertiary/aromatic N) is 3. The van der Waals surface area contributed by atoms with Gasteiger partial charge in [-0.05, 0) is 56.8 Å². The molecule has 0 aliphatic carbocycles. The number of benzene rings is 1. The Balaban J connectivity index is 1.76. The van der Waals surface area contributed by atoms with Crippen LogP contribution in [0.5, 0.6) is 0 Å². The molecule has 0 saturated carbocycles. The van der Waals surface area contributed by atoms with Crippen LogP contribution in [0.15, 0.2) is 24.3 Å². The van der Waals surface area contributed by atoms with Gasteiger partial charge in [-0.1, -0.05) is 32.0 Å². The standard InChI is InChI=1S/C21H30N6S/c1-4-27(5-2)13-7-10-24-21(28)25-12-11-23-20-18(15-22)14-17-9-6-8-16(3)19(17)26-20/h6,8-9,14H,4-5,7,10-13H2,1-3H3,(H,23,26)(H2,24,25,28). The maximum atomic E-state index is 9.41. The summed E-state index contributed by atoms with van der Waals surface area (Å²) in [6.07, 6.45) is 1.06. The van der Waals surface area contributed by atoms with Crippen molar-refractivity contribution in [2.24, 2.45) is 0 Å². The first-order valence-electron chi connectivity index (χ1n) is 9.87. The lowest BCUT2D eigenvalue weighted by Crippen LogP contribution is -2.39. The fourth-order valence-corrected chi connectivity index (χ4v) is 3.23. The van der Waals surface area contributed by atoms with Gasteiger partial charge in [0.2, 0.25) is 0 Å². The third-order valence-electron chi connectivity index (χ3n) is 4.70. The number of aryl methyl sites for hydroxylation is 1. The van der Waals surface area contributed by atoms with Gasteiger partial charge < -0.3 is 20.9 Å². The Kier molecular flexibility index (Phi) is 8.92. The Hall–Kier alpha value is -2.43. The number of aromatic nitrogens is 1. The number of hydrogen-bond donors (Lipinski definition) is 3. The Labute approximate surface area is 173 Å². The molecule has 2 aromatic rings. The monoisotopic (exact) mass is 398 g/mol. The van der Waals surface area contributed by atoms with Crippen molar-refractivity contribution in [1.82, 2.24) is 20.5 Å². The molecule has 1 aromatic carbocycles. The lowest BCUT2D eigenvalue weighted by molar-refractivity contribution is 0.300. The van der Waals surface area contributed by atoms with Gasteiger partial charge in [-0.25, -0.2) is 4.98 Å². The number of para-hydroxylation sites is 1. The average Bonchev–Trinajstić information content (AvgIpc) is 2.71. The zero-order chi connectivity index (χ0) is 20.4. The summed E-state index contributed by atoms with van der Waals surface area (Å²) in [4.78, 5) is 7.04. The molecule has 1 aromatic heterocycles. The zero-order valence-corrected chi connectivity index (χ0v) is 17.8. The molecular weight excluding hydrogens is 368 g/mol. The average molecular weight is 399 g/mol. The van der Waals surface area contributed by atoms with Gasteiger partial charge in [0.25, 0.3) is 0 Å². The van der Waals surface area contributed by atoms with Crippen molar-refractivity contribution >= 4 is 34.1 Å². The molecule has 150 valence electrons. The van der Waals surface area contributed by atoms with Gasteiger partial charge in [-0.15, -0.1) is 0 Å². The number of pyridine rings is 1. The van der Waals surface area contributed by atoms with E-state index in [2.05, 4.69) is 45.8 Å². The fourth-order valence-electron chi connectivity index (χ4n) is 3.03.